The van der Waals surface area contributed by atoms with Crippen molar-refractivity contribution < 1.29 is 14.3 Å². The van der Waals surface area contributed by atoms with E-state index in [0.29, 0.717) is 27.7 Å². The summed E-state index contributed by atoms with van der Waals surface area (Å²) in [4.78, 5) is 27.2. The average molecular weight is 396 g/mol. The molecule has 2 N–H and O–H groups in total. The van der Waals surface area contributed by atoms with Crippen molar-refractivity contribution in [3.05, 3.63) is 34.2 Å². The number of hydrogen-bond acceptors (Lipinski definition) is 6. The maximum Gasteiger partial charge on any atom is 0.264 e. The quantitative estimate of drug-likeness (QED) is 0.829. The summed E-state index contributed by atoms with van der Waals surface area (Å²) in [6.07, 6.45) is 2.95. The molecule has 144 valence electrons. The number of likely N-dealkylation sites (N-methyl/N-ethyl adjacent to an activating group) is 1. The number of nitrogens with zero attached hydrogens (tertiary/aromatic N) is 2. The Bertz CT molecular complexity index is 1010. The first-order valence-corrected chi connectivity index (χ1v) is 9.95. The van der Waals surface area contributed by atoms with Crippen LogP contribution >= 0.6 is 11.3 Å². The van der Waals surface area contributed by atoms with Crippen LogP contribution in [0.5, 0.6) is 5.75 Å². The zero-order valence-corrected chi connectivity index (χ0v) is 16.5. The first-order chi connectivity index (χ1) is 13.5. The van der Waals surface area contributed by atoms with Gasteiger partial charge in [0.2, 0.25) is 5.91 Å². The highest BCUT2D eigenvalue weighted by molar-refractivity contribution is 7.16. The van der Waals surface area contributed by atoms with Crippen molar-refractivity contribution in [2.24, 2.45) is 0 Å². The van der Waals surface area contributed by atoms with Gasteiger partial charge >= 0.3 is 0 Å². The van der Waals surface area contributed by atoms with Gasteiger partial charge in [-0.15, -0.1) is 11.3 Å². The average Bonchev–Trinajstić information content (AvgIpc) is 3.25. The minimum absolute atomic E-state index is 0.0289. The molecular formula is C20H20N4O3S. The van der Waals surface area contributed by atoms with Gasteiger partial charge in [0, 0.05) is 17.6 Å². The Morgan fingerprint density at radius 2 is 2.21 bits per heavy atom. The van der Waals surface area contributed by atoms with E-state index in [1.165, 1.54) is 16.2 Å². The first-order valence-electron chi connectivity index (χ1n) is 9.13. The van der Waals surface area contributed by atoms with E-state index in [1.807, 2.05) is 6.07 Å². The number of nitrogens with one attached hydrogen (secondary N) is 2. The SMILES string of the molecule is C[C@H](Nc1ccc2c(c1)N(C)C(=O)CO2)C(=O)Nc1sc2c(c1C#N)CCC2. The summed E-state index contributed by atoms with van der Waals surface area (Å²) >= 11 is 1.50. The Morgan fingerprint density at radius 3 is 3.00 bits per heavy atom. The van der Waals surface area contributed by atoms with Crippen LogP contribution in [0.25, 0.3) is 0 Å². The standard InChI is InChI=1S/C20H20N4O3S/c1-11(19(26)23-20-14(9-21)13-4-3-5-17(13)28-20)22-12-6-7-16-15(8-12)24(2)18(25)10-27-16/h6-8,11,22H,3-5,10H2,1-2H3,(H,23,26)/t11-/m0/s1. The fourth-order valence-electron chi connectivity index (χ4n) is 3.51. The Balaban J connectivity index is 1.47. The topological polar surface area (TPSA) is 94.5 Å². The number of ether oxygens (including phenoxy) is 1. The number of carbonyl (C=O) groups is 2. The molecule has 0 unspecified atom stereocenters. The molecule has 1 aromatic carbocycles. The van der Waals surface area contributed by atoms with Crippen molar-refractivity contribution in [1.82, 2.24) is 0 Å². The van der Waals surface area contributed by atoms with Gasteiger partial charge in [-0.25, -0.2) is 0 Å². The zero-order valence-electron chi connectivity index (χ0n) is 15.7. The van der Waals surface area contributed by atoms with Crippen molar-refractivity contribution in [3.63, 3.8) is 0 Å². The minimum Gasteiger partial charge on any atom is -0.482 e. The maximum absolute atomic E-state index is 12.7. The van der Waals surface area contributed by atoms with Crippen LogP contribution in [-0.2, 0) is 22.4 Å². The van der Waals surface area contributed by atoms with Crippen LogP contribution in [0.4, 0.5) is 16.4 Å². The molecule has 4 rings (SSSR count). The molecule has 8 heteroatoms. The summed E-state index contributed by atoms with van der Waals surface area (Å²) in [5.74, 6) is 0.302. The van der Waals surface area contributed by atoms with Crippen molar-refractivity contribution >= 4 is 39.5 Å². The summed E-state index contributed by atoms with van der Waals surface area (Å²) in [5.41, 5.74) is 3.06. The van der Waals surface area contributed by atoms with E-state index in [1.54, 1.807) is 31.0 Å². The van der Waals surface area contributed by atoms with Gasteiger partial charge in [-0.3, -0.25) is 9.59 Å². The monoisotopic (exact) mass is 396 g/mol. The van der Waals surface area contributed by atoms with E-state index in [2.05, 4.69) is 16.7 Å². The Kier molecular flexibility index (Phi) is 4.69. The van der Waals surface area contributed by atoms with Crippen LogP contribution in [0.15, 0.2) is 18.2 Å². The van der Waals surface area contributed by atoms with Gasteiger partial charge in [0.15, 0.2) is 6.61 Å². The number of carbonyl (C=O) groups excluding carboxylic acids is 2. The van der Waals surface area contributed by atoms with E-state index in [0.717, 1.165) is 24.8 Å². The van der Waals surface area contributed by atoms with Gasteiger partial charge in [0.1, 0.15) is 22.9 Å². The predicted molar refractivity (Wildman–Crippen MR) is 108 cm³/mol. The molecule has 0 spiro atoms. The Labute approximate surface area is 166 Å². The summed E-state index contributed by atoms with van der Waals surface area (Å²) in [6, 6.07) is 7.10. The fraction of sp³-hybridized carbons (Fsp3) is 0.350. The highest BCUT2D eigenvalue weighted by atomic mass is 32.1. The van der Waals surface area contributed by atoms with Crippen LogP contribution in [-0.4, -0.2) is 31.5 Å². The van der Waals surface area contributed by atoms with Gasteiger partial charge in [-0.1, -0.05) is 0 Å². The predicted octanol–water partition coefficient (Wildman–Crippen LogP) is 2.90. The lowest BCUT2D eigenvalue weighted by molar-refractivity contribution is -0.121. The lowest BCUT2D eigenvalue weighted by atomic mass is 10.1. The zero-order chi connectivity index (χ0) is 19.8. The number of amides is 2. The van der Waals surface area contributed by atoms with E-state index < -0.39 is 6.04 Å². The molecule has 0 radical (unpaired) electrons. The van der Waals surface area contributed by atoms with Crippen molar-refractivity contribution in [2.45, 2.75) is 32.2 Å². The van der Waals surface area contributed by atoms with Crippen molar-refractivity contribution in [2.75, 3.05) is 29.2 Å². The molecule has 0 saturated heterocycles. The van der Waals surface area contributed by atoms with E-state index in [4.69, 9.17) is 4.74 Å². The van der Waals surface area contributed by atoms with Crippen LogP contribution in [0.2, 0.25) is 0 Å². The van der Waals surface area contributed by atoms with Crippen molar-refractivity contribution in [3.8, 4) is 11.8 Å². The number of hydrogen-bond donors (Lipinski definition) is 2. The molecule has 7 nitrogen and oxygen atoms in total. The normalized spacial score (nSPS) is 15.9. The van der Waals surface area contributed by atoms with E-state index >= 15 is 0 Å². The summed E-state index contributed by atoms with van der Waals surface area (Å²) in [6.45, 7) is 1.79. The second-order valence-electron chi connectivity index (χ2n) is 6.95. The lowest BCUT2D eigenvalue weighted by Gasteiger charge is -2.26. The number of aryl methyl sites for hydroxylation is 1. The molecule has 0 bridgehead atoms. The molecule has 28 heavy (non-hydrogen) atoms. The molecule has 2 aliphatic rings. The highest BCUT2D eigenvalue weighted by Crippen LogP contribution is 2.38. The van der Waals surface area contributed by atoms with Gasteiger partial charge in [-0.05, 0) is 49.9 Å². The van der Waals surface area contributed by atoms with Crippen LogP contribution in [0.3, 0.4) is 0 Å². The van der Waals surface area contributed by atoms with Gasteiger partial charge < -0.3 is 20.3 Å². The Morgan fingerprint density at radius 1 is 1.39 bits per heavy atom. The fourth-order valence-corrected chi connectivity index (χ4v) is 4.75. The summed E-state index contributed by atoms with van der Waals surface area (Å²) in [7, 11) is 1.70. The van der Waals surface area contributed by atoms with E-state index in [9.17, 15) is 14.9 Å². The molecule has 1 aliphatic carbocycles. The number of fused-ring (bicyclic) bond motifs is 2. The third kappa shape index (κ3) is 3.18. The number of anilines is 3. The Hall–Kier alpha value is -3.05. The second kappa shape index (κ2) is 7.17. The molecule has 0 saturated carbocycles. The van der Waals surface area contributed by atoms with E-state index in [-0.39, 0.29) is 18.4 Å². The molecule has 2 aromatic rings. The first kappa shape index (κ1) is 18.3. The molecular weight excluding hydrogens is 376 g/mol. The van der Waals surface area contributed by atoms with Crippen LogP contribution < -0.4 is 20.3 Å². The van der Waals surface area contributed by atoms with Gasteiger partial charge in [0.25, 0.3) is 5.91 Å². The maximum atomic E-state index is 12.7. The van der Waals surface area contributed by atoms with Gasteiger partial charge in [-0.2, -0.15) is 5.26 Å². The molecule has 2 amide bonds. The minimum atomic E-state index is -0.521. The highest BCUT2D eigenvalue weighted by Gasteiger charge is 2.25. The van der Waals surface area contributed by atoms with Crippen molar-refractivity contribution in [1.29, 1.82) is 5.26 Å². The summed E-state index contributed by atoms with van der Waals surface area (Å²) < 4.78 is 5.42. The molecule has 2 heterocycles. The third-order valence-corrected chi connectivity index (χ3v) is 6.30. The number of thiophene rings is 1. The second-order valence-corrected chi connectivity index (χ2v) is 8.06. The number of rotatable bonds is 4. The number of nitriles is 1. The third-order valence-electron chi connectivity index (χ3n) is 5.09. The summed E-state index contributed by atoms with van der Waals surface area (Å²) in [5, 5.41) is 16.1. The molecule has 0 fully saturated rings. The molecule has 1 atom stereocenters. The molecule has 1 aromatic heterocycles. The van der Waals surface area contributed by atoms with Crippen LogP contribution in [0.1, 0.15) is 29.3 Å². The number of benzene rings is 1. The lowest BCUT2D eigenvalue weighted by Crippen LogP contribution is -2.35. The van der Waals surface area contributed by atoms with Gasteiger partial charge in [0.05, 0.1) is 11.3 Å². The largest absolute Gasteiger partial charge is 0.482 e. The molecule has 1 aliphatic heterocycles. The smallest absolute Gasteiger partial charge is 0.264 e. The van der Waals surface area contributed by atoms with Crippen LogP contribution in [0, 0.1) is 11.3 Å².